The Labute approximate surface area is 135 Å². The zero-order valence-corrected chi connectivity index (χ0v) is 13.6. The van der Waals surface area contributed by atoms with Crippen LogP contribution in [-0.4, -0.2) is 16.5 Å². The lowest BCUT2D eigenvalue weighted by Gasteiger charge is -2.09. The summed E-state index contributed by atoms with van der Waals surface area (Å²) in [7, 11) is 1.65. The van der Waals surface area contributed by atoms with Gasteiger partial charge in [0.15, 0.2) is 0 Å². The van der Waals surface area contributed by atoms with E-state index in [9.17, 15) is 0 Å². The number of benzene rings is 1. The average Bonchev–Trinajstić information content (AvgIpc) is 2.88. The highest BCUT2D eigenvalue weighted by Crippen LogP contribution is 2.27. The summed E-state index contributed by atoms with van der Waals surface area (Å²) >= 11 is 9.49. The second kappa shape index (κ2) is 5.95. The second-order valence-corrected chi connectivity index (χ2v) is 5.84. The molecule has 0 aliphatic heterocycles. The molecule has 0 saturated heterocycles. The van der Waals surface area contributed by atoms with Crippen LogP contribution in [0.4, 0.5) is 5.69 Å². The van der Waals surface area contributed by atoms with Gasteiger partial charge in [-0.2, -0.15) is 0 Å². The molecule has 2 aromatic heterocycles. The summed E-state index contributed by atoms with van der Waals surface area (Å²) in [5, 5.41) is 4.03. The Morgan fingerprint density at radius 1 is 1.29 bits per heavy atom. The molecule has 108 valence electrons. The van der Waals surface area contributed by atoms with E-state index < -0.39 is 0 Å². The molecule has 6 heteroatoms. The summed E-state index contributed by atoms with van der Waals surface area (Å²) in [4.78, 5) is 4.54. The van der Waals surface area contributed by atoms with Crippen LogP contribution < -0.4 is 10.1 Å². The van der Waals surface area contributed by atoms with Gasteiger partial charge in [-0.3, -0.25) is 0 Å². The van der Waals surface area contributed by atoms with Crippen molar-refractivity contribution in [2.45, 2.75) is 6.54 Å². The van der Waals surface area contributed by atoms with E-state index in [0.717, 1.165) is 27.3 Å². The Morgan fingerprint density at radius 3 is 2.95 bits per heavy atom. The lowest BCUT2D eigenvalue weighted by Crippen LogP contribution is -2.00. The maximum Gasteiger partial charge on any atom is 0.137 e. The highest BCUT2D eigenvalue weighted by molar-refractivity contribution is 9.10. The van der Waals surface area contributed by atoms with E-state index >= 15 is 0 Å². The van der Waals surface area contributed by atoms with E-state index in [1.165, 1.54) is 0 Å². The first-order valence-electron chi connectivity index (χ1n) is 6.36. The SMILES string of the molecule is COc1ccc(Br)c(NCc2cn3cc(Cl)ccc3n2)c1. The van der Waals surface area contributed by atoms with E-state index in [1.54, 1.807) is 7.11 Å². The van der Waals surface area contributed by atoms with E-state index in [4.69, 9.17) is 16.3 Å². The smallest absolute Gasteiger partial charge is 0.137 e. The molecule has 1 N–H and O–H groups in total. The molecular formula is C15H13BrClN3O. The Bertz CT molecular complexity index is 788. The number of fused-ring (bicyclic) bond motifs is 1. The van der Waals surface area contributed by atoms with Gasteiger partial charge >= 0.3 is 0 Å². The van der Waals surface area contributed by atoms with Gasteiger partial charge in [-0.1, -0.05) is 11.6 Å². The summed E-state index contributed by atoms with van der Waals surface area (Å²) in [6, 6.07) is 9.52. The zero-order valence-electron chi connectivity index (χ0n) is 11.3. The van der Waals surface area contributed by atoms with Gasteiger partial charge in [-0.05, 0) is 40.2 Å². The molecule has 21 heavy (non-hydrogen) atoms. The molecular weight excluding hydrogens is 354 g/mol. The molecule has 3 aromatic rings. The number of aromatic nitrogens is 2. The van der Waals surface area contributed by atoms with Crippen molar-refractivity contribution < 1.29 is 4.74 Å². The fraction of sp³-hybridized carbons (Fsp3) is 0.133. The quantitative estimate of drug-likeness (QED) is 0.745. The standard InChI is InChI=1S/C15H13BrClN3O/c1-21-12-3-4-13(16)14(6-12)18-7-11-9-20-8-10(17)2-5-15(20)19-11/h2-6,8-9,18H,7H2,1H3. The number of imidazole rings is 1. The van der Waals surface area contributed by atoms with Gasteiger partial charge in [-0.15, -0.1) is 0 Å². The van der Waals surface area contributed by atoms with Crippen molar-refractivity contribution in [3.63, 3.8) is 0 Å². The molecule has 0 radical (unpaired) electrons. The normalized spacial score (nSPS) is 10.8. The fourth-order valence-corrected chi connectivity index (χ4v) is 2.61. The number of anilines is 1. The molecule has 0 saturated carbocycles. The molecule has 0 unspecified atom stereocenters. The predicted molar refractivity (Wildman–Crippen MR) is 88.2 cm³/mol. The van der Waals surface area contributed by atoms with Crippen molar-refractivity contribution >= 4 is 38.9 Å². The molecule has 0 aliphatic carbocycles. The molecule has 0 spiro atoms. The second-order valence-electron chi connectivity index (χ2n) is 4.54. The van der Waals surface area contributed by atoms with E-state index in [1.807, 2.05) is 47.1 Å². The van der Waals surface area contributed by atoms with Gasteiger partial charge in [0.05, 0.1) is 30.1 Å². The summed E-state index contributed by atoms with van der Waals surface area (Å²) in [6.45, 7) is 0.616. The van der Waals surface area contributed by atoms with Crippen molar-refractivity contribution in [3.05, 3.63) is 57.9 Å². The van der Waals surface area contributed by atoms with E-state index in [-0.39, 0.29) is 0 Å². The number of halogens is 2. The number of ether oxygens (including phenoxy) is 1. The monoisotopic (exact) mass is 365 g/mol. The van der Waals surface area contributed by atoms with Gasteiger partial charge in [-0.25, -0.2) is 4.98 Å². The number of rotatable bonds is 4. The molecule has 0 aliphatic rings. The van der Waals surface area contributed by atoms with Crippen LogP contribution in [0.1, 0.15) is 5.69 Å². The Hall–Kier alpha value is -1.72. The number of methoxy groups -OCH3 is 1. The number of hydrogen-bond donors (Lipinski definition) is 1. The van der Waals surface area contributed by atoms with Gasteiger partial charge in [0, 0.05) is 22.9 Å². The number of nitrogens with one attached hydrogen (secondary N) is 1. The summed E-state index contributed by atoms with van der Waals surface area (Å²) < 4.78 is 8.13. The molecule has 0 amide bonds. The van der Waals surface area contributed by atoms with Crippen LogP contribution in [0.25, 0.3) is 5.65 Å². The number of hydrogen-bond acceptors (Lipinski definition) is 3. The van der Waals surface area contributed by atoms with Crippen molar-refractivity contribution in [2.24, 2.45) is 0 Å². The molecule has 0 fully saturated rings. The van der Waals surface area contributed by atoms with Crippen molar-refractivity contribution in [3.8, 4) is 5.75 Å². The minimum atomic E-state index is 0.616. The van der Waals surface area contributed by atoms with Gasteiger partial charge in [0.1, 0.15) is 11.4 Å². The maximum absolute atomic E-state index is 5.97. The van der Waals surface area contributed by atoms with Crippen LogP contribution in [0.5, 0.6) is 5.75 Å². The van der Waals surface area contributed by atoms with Crippen LogP contribution in [0.3, 0.4) is 0 Å². The van der Waals surface area contributed by atoms with Crippen LogP contribution in [-0.2, 0) is 6.54 Å². The summed E-state index contributed by atoms with van der Waals surface area (Å²) in [6.07, 6.45) is 3.80. The lowest BCUT2D eigenvalue weighted by molar-refractivity contribution is 0.415. The highest BCUT2D eigenvalue weighted by atomic mass is 79.9. The largest absolute Gasteiger partial charge is 0.497 e. The van der Waals surface area contributed by atoms with E-state index in [2.05, 4.69) is 26.2 Å². The third-order valence-corrected chi connectivity index (χ3v) is 4.01. The number of nitrogens with zero attached hydrogens (tertiary/aromatic N) is 2. The van der Waals surface area contributed by atoms with Crippen LogP contribution >= 0.6 is 27.5 Å². The van der Waals surface area contributed by atoms with Gasteiger partial charge in [0.2, 0.25) is 0 Å². The molecule has 0 atom stereocenters. The first kappa shape index (κ1) is 14.2. The Morgan fingerprint density at radius 2 is 2.14 bits per heavy atom. The van der Waals surface area contributed by atoms with E-state index in [0.29, 0.717) is 11.6 Å². The maximum atomic E-state index is 5.97. The first-order valence-corrected chi connectivity index (χ1v) is 7.53. The van der Waals surface area contributed by atoms with Crippen LogP contribution in [0.15, 0.2) is 47.2 Å². The summed E-state index contributed by atoms with van der Waals surface area (Å²) in [5.74, 6) is 0.808. The minimum Gasteiger partial charge on any atom is -0.497 e. The molecule has 0 bridgehead atoms. The van der Waals surface area contributed by atoms with Gasteiger partial charge in [0.25, 0.3) is 0 Å². The third kappa shape index (κ3) is 3.14. The lowest BCUT2D eigenvalue weighted by atomic mass is 10.3. The molecule has 4 nitrogen and oxygen atoms in total. The van der Waals surface area contributed by atoms with Crippen molar-refractivity contribution in [2.75, 3.05) is 12.4 Å². The van der Waals surface area contributed by atoms with Gasteiger partial charge < -0.3 is 14.5 Å². The Kier molecular flexibility index (Phi) is 4.03. The van der Waals surface area contributed by atoms with Crippen LogP contribution in [0.2, 0.25) is 5.02 Å². The third-order valence-electron chi connectivity index (χ3n) is 3.10. The minimum absolute atomic E-state index is 0.616. The molecule has 2 heterocycles. The van der Waals surface area contributed by atoms with Crippen LogP contribution in [0, 0.1) is 0 Å². The topological polar surface area (TPSA) is 38.6 Å². The van der Waals surface area contributed by atoms with Crippen molar-refractivity contribution in [1.82, 2.24) is 9.38 Å². The average molecular weight is 367 g/mol. The Balaban J connectivity index is 1.80. The highest BCUT2D eigenvalue weighted by Gasteiger charge is 2.05. The molecule has 1 aromatic carbocycles. The zero-order chi connectivity index (χ0) is 14.8. The summed E-state index contributed by atoms with van der Waals surface area (Å²) in [5.41, 5.74) is 2.78. The fourth-order valence-electron chi connectivity index (χ4n) is 2.05. The first-order chi connectivity index (χ1) is 10.2. The molecule has 3 rings (SSSR count). The predicted octanol–water partition coefficient (Wildman–Crippen LogP) is 4.37. The number of pyridine rings is 1. The van der Waals surface area contributed by atoms with Crippen molar-refractivity contribution in [1.29, 1.82) is 0 Å².